The molecule has 162 valence electrons. The highest BCUT2D eigenvalue weighted by Gasteiger charge is 2.28. The molecule has 0 saturated carbocycles. The molecule has 0 aromatic heterocycles. The lowest BCUT2D eigenvalue weighted by atomic mass is 10.1. The van der Waals surface area contributed by atoms with Crippen LogP contribution in [0.25, 0.3) is 0 Å². The van der Waals surface area contributed by atoms with E-state index >= 15 is 0 Å². The number of hydrogen-bond acceptors (Lipinski definition) is 3. The third kappa shape index (κ3) is 5.58. The summed E-state index contributed by atoms with van der Waals surface area (Å²) in [6.45, 7) is 5.25. The first-order valence-corrected chi connectivity index (χ1v) is 11.7. The minimum atomic E-state index is -4.05. The van der Waals surface area contributed by atoms with Crippen molar-refractivity contribution in [3.8, 4) is 0 Å². The second-order valence-corrected chi connectivity index (χ2v) is 10.1. The van der Waals surface area contributed by atoms with Crippen LogP contribution in [0, 0.1) is 20.8 Å². The van der Waals surface area contributed by atoms with Crippen LogP contribution < -0.4 is 9.62 Å². The maximum absolute atomic E-state index is 13.4. The van der Waals surface area contributed by atoms with Crippen molar-refractivity contribution in [1.29, 1.82) is 0 Å². The monoisotopic (exact) mass is 476 g/mol. The molecule has 0 bridgehead atoms. The molecule has 0 spiro atoms. The quantitative estimate of drug-likeness (QED) is 0.492. The molecule has 0 aliphatic rings. The van der Waals surface area contributed by atoms with Gasteiger partial charge in [0, 0.05) is 15.7 Å². The highest BCUT2D eigenvalue weighted by atomic mass is 35.5. The molecule has 0 saturated heterocycles. The van der Waals surface area contributed by atoms with Crippen LogP contribution in [0.4, 0.5) is 11.4 Å². The Kier molecular flexibility index (Phi) is 6.94. The number of rotatable bonds is 6. The van der Waals surface area contributed by atoms with Crippen molar-refractivity contribution in [3.05, 3.63) is 87.4 Å². The van der Waals surface area contributed by atoms with E-state index in [9.17, 15) is 13.2 Å². The predicted molar refractivity (Wildman–Crippen MR) is 127 cm³/mol. The molecule has 0 unspecified atom stereocenters. The molecule has 3 aromatic rings. The van der Waals surface area contributed by atoms with Gasteiger partial charge >= 0.3 is 0 Å². The van der Waals surface area contributed by atoms with Crippen molar-refractivity contribution >= 4 is 50.5 Å². The molecule has 0 atom stereocenters. The Labute approximate surface area is 192 Å². The largest absolute Gasteiger partial charge is 0.324 e. The first-order chi connectivity index (χ1) is 14.6. The predicted octanol–water partition coefficient (Wildman–Crippen LogP) is 5.75. The van der Waals surface area contributed by atoms with E-state index in [0.717, 1.165) is 21.0 Å². The van der Waals surface area contributed by atoms with Crippen molar-refractivity contribution in [2.75, 3.05) is 16.2 Å². The van der Waals surface area contributed by atoms with Crippen molar-refractivity contribution < 1.29 is 13.2 Å². The van der Waals surface area contributed by atoms with Crippen LogP contribution in [0.5, 0.6) is 0 Å². The van der Waals surface area contributed by atoms with Crippen LogP contribution in [-0.2, 0) is 14.8 Å². The van der Waals surface area contributed by atoms with E-state index < -0.39 is 22.5 Å². The molecule has 0 radical (unpaired) electrons. The lowest BCUT2D eigenvalue weighted by Crippen LogP contribution is -2.38. The van der Waals surface area contributed by atoms with E-state index in [4.69, 9.17) is 23.2 Å². The van der Waals surface area contributed by atoms with Crippen LogP contribution in [0.2, 0.25) is 10.0 Å². The third-order valence-electron chi connectivity index (χ3n) is 4.69. The molecule has 0 aliphatic carbocycles. The van der Waals surface area contributed by atoms with E-state index in [1.54, 1.807) is 18.2 Å². The Hall–Kier alpha value is -2.54. The number of sulfonamides is 1. The number of hydrogen-bond donors (Lipinski definition) is 1. The van der Waals surface area contributed by atoms with Crippen LogP contribution in [-0.4, -0.2) is 20.9 Å². The first kappa shape index (κ1) is 23.1. The number of carbonyl (C=O) groups excluding carboxylic acids is 1. The zero-order valence-electron chi connectivity index (χ0n) is 17.3. The van der Waals surface area contributed by atoms with Gasteiger partial charge in [-0.05, 0) is 62.7 Å². The number of amides is 1. The number of benzene rings is 3. The van der Waals surface area contributed by atoms with Crippen molar-refractivity contribution in [2.24, 2.45) is 0 Å². The molecular weight excluding hydrogens is 455 g/mol. The van der Waals surface area contributed by atoms with E-state index in [1.807, 2.05) is 32.9 Å². The molecule has 1 amide bonds. The minimum Gasteiger partial charge on any atom is -0.324 e. The molecule has 3 aromatic carbocycles. The SMILES string of the molecule is Cc1ccc(S(=O)(=O)N(CC(=O)Nc2ccc(C)cc2C)c2cc(Cl)cc(Cl)c2)cc1. The zero-order valence-corrected chi connectivity index (χ0v) is 19.6. The summed E-state index contributed by atoms with van der Waals surface area (Å²) >= 11 is 12.2. The highest BCUT2D eigenvalue weighted by Crippen LogP contribution is 2.30. The molecule has 0 heterocycles. The standard InChI is InChI=1S/C23H22Cl2N2O3S/c1-15-4-7-21(8-5-15)31(29,30)27(20-12-18(24)11-19(25)13-20)14-23(28)26-22-9-6-16(2)10-17(22)3/h4-13H,14H2,1-3H3,(H,26,28). The summed E-state index contributed by atoms with van der Waals surface area (Å²) in [6, 6.07) is 16.4. The first-order valence-electron chi connectivity index (χ1n) is 9.49. The summed E-state index contributed by atoms with van der Waals surface area (Å²) in [6.07, 6.45) is 0. The van der Waals surface area contributed by atoms with Crippen molar-refractivity contribution in [2.45, 2.75) is 25.7 Å². The van der Waals surface area contributed by atoms with Gasteiger partial charge in [0.2, 0.25) is 5.91 Å². The molecule has 5 nitrogen and oxygen atoms in total. The van der Waals surface area contributed by atoms with Gasteiger partial charge in [0.15, 0.2) is 0 Å². The maximum Gasteiger partial charge on any atom is 0.264 e. The van der Waals surface area contributed by atoms with E-state index in [-0.39, 0.29) is 20.6 Å². The lowest BCUT2D eigenvalue weighted by Gasteiger charge is -2.25. The van der Waals surface area contributed by atoms with Gasteiger partial charge in [-0.3, -0.25) is 9.10 Å². The summed E-state index contributed by atoms with van der Waals surface area (Å²) < 4.78 is 27.9. The number of halogens is 2. The maximum atomic E-state index is 13.4. The number of nitrogens with one attached hydrogen (secondary N) is 1. The van der Waals surface area contributed by atoms with Crippen LogP contribution in [0.1, 0.15) is 16.7 Å². The van der Waals surface area contributed by atoms with Crippen molar-refractivity contribution in [3.63, 3.8) is 0 Å². The Balaban J connectivity index is 1.99. The number of nitrogens with zero attached hydrogens (tertiary/aromatic N) is 1. The molecule has 8 heteroatoms. The van der Waals surface area contributed by atoms with Crippen molar-refractivity contribution in [1.82, 2.24) is 0 Å². The van der Waals surface area contributed by atoms with E-state index in [1.165, 1.54) is 30.3 Å². The number of carbonyl (C=O) groups is 1. The van der Waals surface area contributed by atoms with Crippen LogP contribution in [0.3, 0.4) is 0 Å². The van der Waals surface area contributed by atoms with Gasteiger partial charge in [-0.25, -0.2) is 8.42 Å². The van der Waals surface area contributed by atoms with Gasteiger partial charge in [0.25, 0.3) is 10.0 Å². The molecular formula is C23H22Cl2N2O3S. The van der Waals surface area contributed by atoms with Gasteiger partial charge in [0.1, 0.15) is 6.54 Å². The van der Waals surface area contributed by atoms with Gasteiger partial charge in [0.05, 0.1) is 10.6 Å². The molecule has 0 aliphatic heterocycles. The Bertz CT molecular complexity index is 1210. The summed E-state index contributed by atoms with van der Waals surface area (Å²) in [4.78, 5) is 12.9. The van der Waals surface area contributed by atoms with Crippen LogP contribution >= 0.6 is 23.2 Å². The summed E-state index contributed by atoms with van der Waals surface area (Å²) in [5.74, 6) is -0.487. The highest BCUT2D eigenvalue weighted by molar-refractivity contribution is 7.92. The fraction of sp³-hybridized carbons (Fsp3) is 0.174. The van der Waals surface area contributed by atoms with Gasteiger partial charge in [-0.1, -0.05) is 58.6 Å². The average Bonchev–Trinajstić information content (AvgIpc) is 2.68. The van der Waals surface area contributed by atoms with E-state index in [0.29, 0.717) is 5.69 Å². The van der Waals surface area contributed by atoms with Gasteiger partial charge < -0.3 is 5.32 Å². The fourth-order valence-corrected chi connectivity index (χ4v) is 5.03. The summed E-state index contributed by atoms with van der Waals surface area (Å²) in [7, 11) is -4.05. The smallest absolute Gasteiger partial charge is 0.264 e. The lowest BCUT2D eigenvalue weighted by molar-refractivity contribution is -0.114. The number of aryl methyl sites for hydroxylation is 3. The second kappa shape index (κ2) is 9.30. The molecule has 1 N–H and O–H groups in total. The second-order valence-electron chi connectivity index (χ2n) is 7.32. The van der Waals surface area contributed by atoms with Gasteiger partial charge in [-0.15, -0.1) is 0 Å². The normalized spacial score (nSPS) is 11.3. The van der Waals surface area contributed by atoms with Crippen LogP contribution in [0.15, 0.2) is 65.6 Å². The summed E-state index contributed by atoms with van der Waals surface area (Å²) in [5.41, 5.74) is 3.69. The molecule has 0 fully saturated rings. The Morgan fingerprint density at radius 2 is 1.45 bits per heavy atom. The zero-order chi connectivity index (χ0) is 22.8. The Morgan fingerprint density at radius 1 is 0.871 bits per heavy atom. The van der Waals surface area contributed by atoms with Gasteiger partial charge in [-0.2, -0.15) is 0 Å². The molecule has 3 rings (SSSR count). The number of anilines is 2. The minimum absolute atomic E-state index is 0.0634. The topological polar surface area (TPSA) is 66.5 Å². The summed E-state index contributed by atoms with van der Waals surface area (Å²) in [5, 5.41) is 3.32. The average molecular weight is 477 g/mol. The fourth-order valence-electron chi connectivity index (χ4n) is 3.11. The molecule has 31 heavy (non-hydrogen) atoms. The van der Waals surface area contributed by atoms with E-state index in [2.05, 4.69) is 5.32 Å². The Morgan fingerprint density at radius 3 is 2.03 bits per heavy atom. The third-order valence-corrected chi connectivity index (χ3v) is 6.91.